The van der Waals surface area contributed by atoms with Crippen LogP contribution in [0.5, 0.6) is 0 Å². The minimum atomic E-state index is -4.72. The summed E-state index contributed by atoms with van der Waals surface area (Å²) in [7, 11) is -9.44. The van der Waals surface area contributed by atoms with Crippen LogP contribution in [-0.2, 0) is 20.2 Å². The molecule has 0 aromatic heterocycles. The molecule has 0 aliphatic heterocycles. The molecular weight excluding hydrogens is 410 g/mol. The fourth-order valence-electron chi connectivity index (χ4n) is 1.75. The van der Waals surface area contributed by atoms with Gasteiger partial charge in [0.15, 0.2) is 5.78 Å². The van der Waals surface area contributed by atoms with Crippen molar-refractivity contribution in [2.24, 2.45) is 0 Å². The van der Waals surface area contributed by atoms with Crippen molar-refractivity contribution < 1.29 is 134 Å². The molecule has 0 aliphatic carbocycles. The van der Waals surface area contributed by atoms with Gasteiger partial charge in [0, 0.05) is 11.1 Å². The van der Waals surface area contributed by atoms with Crippen molar-refractivity contribution >= 4 is 26.0 Å². The summed E-state index contributed by atoms with van der Waals surface area (Å²) in [6, 6.07) is 8.84. The molecule has 0 spiro atoms. The van der Waals surface area contributed by atoms with E-state index in [2.05, 4.69) is 0 Å². The van der Waals surface area contributed by atoms with Gasteiger partial charge in [0.1, 0.15) is 20.2 Å². The summed E-state index contributed by atoms with van der Waals surface area (Å²) < 4.78 is 65.7. The number of carbonyl (C=O) groups is 1. The van der Waals surface area contributed by atoms with E-state index in [4.69, 9.17) is 0 Å². The average molecular weight is 419 g/mol. The van der Waals surface area contributed by atoms with E-state index in [0.717, 1.165) is 24.3 Å². The van der Waals surface area contributed by atoms with Gasteiger partial charge in [-0.25, -0.2) is 16.8 Å². The maximum atomic E-state index is 12.2. The monoisotopic (exact) mass is 418 g/mol. The standard InChI is InChI=1S/C13H10O7S2.2K/c14-13(9-3-1-5-11(7-9)21(15,16)17)10-4-2-6-12(8-10)22(18,19)20;;/h1-8H,(H,15,16,17)(H,18,19,20);;/q;2*+1/p-2. The first-order valence-electron chi connectivity index (χ1n) is 5.76. The molecule has 0 bridgehead atoms. The van der Waals surface area contributed by atoms with Gasteiger partial charge in [-0.05, 0) is 24.3 Å². The molecule has 0 aliphatic rings. The molecule has 0 amide bonds. The molecule has 2 rings (SSSR count). The van der Waals surface area contributed by atoms with Crippen molar-refractivity contribution in [1.29, 1.82) is 0 Å². The predicted molar refractivity (Wildman–Crippen MR) is 72.2 cm³/mol. The summed E-state index contributed by atoms with van der Waals surface area (Å²) in [4.78, 5) is 11.1. The van der Waals surface area contributed by atoms with Crippen LogP contribution in [0.25, 0.3) is 0 Å². The maximum Gasteiger partial charge on any atom is 1.00 e. The SMILES string of the molecule is O=C(c1cccc(S(=O)(=O)[O-])c1)c1cccc(S(=O)(=O)[O-])c1.[K+].[K+]. The van der Waals surface area contributed by atoms with Crippen LogP contribution >= 0.6 is 0 Å². The second-order valence-corrected chi connectivity index (χ2v) is 7.05. The Bertz CT molecular complexity index is 876. The quantitative estimate of drug-likeness (QED) is 0.275. The van der Waals surface area contributed by atoms with Crippen molar-refractivity contribution in [2.75, 3.05) is 0 Å². The normalized spacial score (nSPS) is 11.1. The van der Waals surface area contributed by atoms with Gasteiger partial charge >= 0.3 is 103 Å². The van der Waals surface area contributed by atoms with Crippen molar-refractivity contribution in [3.05, 3.63) is 59.7 Å². The Morgan fingerprint density at radius 3 is 1.33 bits per heavy atom. The molecule has 0 fully saturated rings. The van der Waals surface area contributed by atoms with Gasteiger partial charge in [0.2, 0.25) is 0 Å². The first kappa shape index (κ1) is 25.2. The van der Waals surface area contributed by atoms with E-state index < -0.39 is 35.8 Å². The van der Waals surface area contributed by atoms with E-state index in [1.54, 1.807) is 0 Å². The van der Waals surface area contributed by atoms with Crippen LogP contribution < -0.4 is 103 Å². The average Bonchev–Trinajstić information content (AvgIpc) is 2.45. The molecule has 7 nitrogen and oxygen atoms in total. The number of hydrogen-bond donors (Lipinski definition) is 0. The zero-order chi connectivity index (χ0) is 16.5. The second-order valence-electron chi connectivity index (χ2n) is 4.29. The zero-order valence-corrected chi connectivity index (χ0v) is 20.7. The van der Waals surface area contributed by atoms with Crippen molar-refractivity contribution in [3.8, 4) is 0 Å². The van der Waals surface area contributed by atoms with E-state index in [-0.39, 0.29) is 114 Å². The Hall–Kier alpha value is 1.20. The molecule has 0 unspecified atom stereocenters. The molecule has 2 aromatic rings. The summed E-state index contributed by atoms with van der Waals surface area (Å²) in [5.41, 5.74) is -0.227. The summed E-state index contributed by atoms with van der Waals surface area (Å²) >= 11 is 0. The zero-order valence-electron chi connectivity index (χ0n) is 12.8. The topological polar surface area (TPSA) is 131 Å². The van der Waals surface area contributed by atoms with Crippen LogP contribution in [0.15, 0.2) is 58.3 Å². The van der Waals surface area contributed by atoms with Crippen LogP contribution in [0.1, 0.15) is 15.9 Å². The predicted octanol–water partition coefficient (Wildman–Crippen LogP) is -5.27. The fourth-order valence-corrected chi connectivity index (χ4v) is 2.79. The Labute approximate surface area is 224 Å². The van der Waals surface area contributed by atoms with Gasteiger partial charge in [-0.1, -0.05) is 24.3 Å². The minimum absolute atomic E-state index is 0. The Balaban J connectivity index is 0.00000264. The number of benzene rings is 2. The Morgan fingerprint density at radius 1 is 0.708 bits per heavy atom. The van der Waals surface area contributed by atoms with Crippen molar-refractivity contribution in [1.82, 2.24) is 0 Å². The summed E-state index contributed by atoms with van der Waals surface area (Å²) in [5.74, 6) is -0.712. The van der Waals surface area contributed by atoms with E-state index in [1.807, 2.05) is 0 Å². The van der Waals surface area contributed by atoms with Gasteiger partial charge < -0.3 is 9.11 Å². The Morgan fingerprint density at radius 2 is 1.04 bits per heavy atom. The first-order chi connectivity index (χ1) is 10.1. The van der Waals surface area contributed by atoms with Gasteiger partial charge in [-0.15, -0.1) is 0 Å². The van der Waals surface area contributed by atoms with E-state index in [0.29, 0.717) is 0 Å². The third kappa shape index (κ3) is 6.74. The molecule has 0 atom stereocenters. The molecular formula is C13H8K2O7S2. The summed E-state index contributed by atoms with van der Waals surface area (Å²) in [5, 5.41) is 0. The molecule has 0 saturated heterocycles. The first-order valence-corrected chi connectivity index (χ1v) is 8.57. The van der Waals surface area contributed by atoms with Crippen LogP contribution in [-0.4, -0.2) is 31.7 Å². The molecule has 0 heterocycles. The van der Waals surface area contributed by atoms with Gasteiger partial charge in [0.25, 0.3) is 0 Å². The molecule has 0 radical (unpaired) electrons. The van der Waals surface area contributed by atoms with Crippen LogP contribution in [0.2, 0.25) is 0 Å². The minimum Gasteiger partial charge on any atom is -0.744 e. The third-order valence-electron chi connectivity index (χ3n) is 2.77. The molecule has 0 N–H and O–H groups in total. The van der Waals surface area contributed by atoms with Crippen LogP contribution in [0.4, 0.5) is 0 Å². The van der Waals surface area contributed by atoms with E-state index in [9.17, 15) is 30.7 Å². The molecule has 116 valence electrons. The summed E-state index contributed by atoms with van der Waals surface area (Å²) in [6.45, 7) is 0. The van der Waals surface area contributed by atoms with Crippen LogP contribution in [0.3, 0.4) is 0 Å². The third-order valence-corrected chi connectivity index (χ3v) is 4.43. The van der Waals surface area contributed by atoms with E-state index in [1.165, 1.54) is 24.3 Å². The number of rotatable bonds is 4. The largest absolute Gasteiger partial charge is 1.00 e. The molecule has 11 heteroatoms. The van der Waals surface area contributed by atoms with Gasteiger partial charge in [-0.2, -0.15) is 0 Å². The molecule has 2 aromatic carbocycles. The van der Waals surface area contributed by atoms with Crippen molar-refractivity contribution in [3.63, 3.8) is 0 Å². The van der Waals surface area contributed by atoms with Gasteiger partial charge in [-0.3, -0.25) is 4.79 Å². The van der Waals surface area contributed by atoms with E-state index >= 15 is 0 Å². The second kappa shape index (κ2) is 9.94. The number of hydrogen-bond acceptors (Lipinski definition) is 7. The Kier molecular flexibility index (Phi) is 10.4. The smallest absolute Gasteiger partial charge is 0.744 e. The fraction of sp³-hybridized carbons (Fsp3) is 0. The summed E-state index contributed by atoms with van der Waals surface area (Å²) in [6.07, 6.45) is 0. The molecule has 0 saturated carbocycles. The number of ketones is 1. The van der Waals surface area contributed by atoms with Gasteiger partial charge in [0.05, 0.1) is 9.79 Å². The van der Waals surface area contributed by atoms with Crippen LogP contribution in [0, 0.1) is 0 Å². The maximum absolute atomic E-state index is 12.2. The number of carbonyl (C=O) groups excluding carboxylic acids is 1. The van der Waals surface area contributed by atoms with Crippen molar-refractivity contribution in [2.45, 2.75) is 9.79 Å². The molecule has 24 heavy (non-hydrogen) atoms.